The minimum absolute atomic E-state index is 0.242. The lowest BCUT2D eigenvalue weighted by molar-refractivity contribution is -0.139. The Morgan fingerprint density at radius 2 is 2.00 bits per heavy atom. The van der Waals surface area contributed by atoms with Crippen LogP contribution in [0, 0.1) is 6.92 Å². The van der Waals surface area contributed by atoms with Crippen molar-refractivity contribution in [2.24, 2.45) is 0 Å². The van der Waals surface area contributed by atoms with Crippen molar-refractivity contribution < 1.29 is 23.1 Å². The van der Waals surface area contributed by atoms with Gasteiger partial charge in [-0.15, -0.1) is 0 Å². The highest BCUT2D eigenvalue weighted by Gasteiger charge is 2.14. The Balaban J connectivity index is 1.62. The molecule has 0 unspecified atom stereocenters. The second-order valence-electron chi connectivity index (χ2n) is 5.18. The number of furan rings is 1. The number of hydrogen-bond donors (Lipinski definition) is 0. The molecule has 0 amide bonds. The molecular formula is C18H17NO5. The van der Waals surface area contributed by atoms with Crippen LogP contribution in [0.25, 0.3) is 11.7 Å². The molecule has 3 rings (SSSR count). The first-order valence-electron chi connectivity index (χ1n) is 7.44. The Kier molecular flexibility index (Phi) is 4.65. The fourth-order valence-corrected chi connectivity index (χ4v) is 2.16. The SMILES string of the molecule is COC(=O)Cc1ccc(OCc2nc(-c3ccco3)oc2C)cc1. The van der Waals surface area contributed by atoms with Gasteiger partial charge < -0.3 is 18.3 Å². The molecule has 0 atom stereocenters. The fourth-order valence-electron chi connectivity index (χ4n) is 2.16. The summed E-state index contributed by atoms with van der Waals surface area (Å²) >= 11 is 0. The standard InChI is InChI=1S/C18H17NO5/c1-12-15(19-18(24-12)16-4-3-9-22-16)11-23-14-7-5-13(6-8-14)10-17(20)21-2/h3-9H,10-11H2,1-2H3. The van der Waals surface area contributed by atoms with E-state index >= 15 is 0 Å². The van der Waals surface area contributed by atoms with E-state index < -0.39 is 0 Å². The average Bonchev–Trinajstić information content (AvgIpc) is 3.24. The van der Waals surface area contributed by atoms with Gasteiger partial charge in [0.1, 0.15) is 23.8 Å². The number of oxazole rings is 1. The molecule has 1 aromatic carbocycles. The van der Waals surface area contributed by atoms with Gasteiger partial charge >= 0.3 is 5.97 Å². The molecule has 0 radical (unpaired) electrons. The topological polar surface area (TPSA) is 74.7 Å². The molecule has 0 bridgehead atoms. The Hall–Kier alpha value is -3.02. The second kappa shape index (κ2) is 7.04. The summed E-state index contributed by atoms with van der Waals surface area (Å²) in [6, 6.07) is 10.8. The van der Waals surface area contributed by atoms with Crippen LogP contribution < -0.4 is 4.74 Å². The maximum Gasteiger partial charge on any atom is 0.309 e. The van der Waals surface area contributed by atoms with Gasteiger partial charge in [0, 0.05) is 0 Å². The van der Waals surface area contributed by atoms with Crippen LogP contribution in [0.5, 0.6) is 5.75 Å². The summed E-state index contributed by atoms with van der Waals surface area (Å²) in [5, 5.41) is 0. The second-order valence-corrected chi connectivity index (χ2v) is 5.18. The number of carbonyl (C=O) groups is 1. The third-order valence-corrected chi connectivity index (χ3v) is 3.50. The summed E-state index contributed by atoms with van der Waals surface area (Å²) in [4.78, 5) is 15.6. The lowest BCUT2D eigenvalue weighted by atomic mass is 10.1. The number of rotatable bonds is 6. The first-order chi connectivity index (χ1) is 11.7. The number of benzene rings is 1. The van der Waals surface area contributed by atoms with E-state index in [1.807, 2.05) is 19.1 Å². The van der Waals surface area contributed by atoms with Crippen molar-refractivity contribution >= 4 is 5.97 Å². The van der Waals surface area contributed by atoms with Crippen LogP contribution in [-0.2, 0) is 22.6 Å². The van der Waals surface area contributed by atoms with E-state index in [9.17, 15) is 4.79 Å². The minimum Gasteiger partial charge on any atom is -0.487 e. The van der Waals surface area contributed by atoms with E-state index in [0.717, 1.165) is 5.56 Å². The molecule has 3 aromatic rings. The van der Waals surface area contributed by atoms with Gasteiger partial charge in [-0.1, -0.05) is 12.1 Å². The Morgan fingerprint density at radius 3 is 2.67 bits per heavy atom. The third kappa shape index (κ3) is 3.65. The van der Waals surface area contributed by atoms with Crippen LogP contribution in [-0.4, -0.2) is 18.1 Å². The zero-order chi connectivity index (χ0) is 16.9. The Labute approximate surface area is 139 Å². The number of hydrogen-bond acceptors (Lipinski definition) is 6. The van der Waals surface area contributed by atoms with Crippen molar-refractivity contribution in [2.75, 3.05) is 7.11 Å². The number of nitrogens with zero attached hydrogens (tertiary/aromatic N) is 1. The van der Waals surface area contributed by atoms with Crippen molar-refractivity contribution in [2.45, 2.75) is 20.0 Å². The fraction of sp³-hybridized carbons (Fsp3) is 0.222. The van der Waals surface area contributed by atoms with Gasteiger partial charge in [0.25, 0.3) is 5.89 Å². The van der Waals surface area contributed by atoms with Gasteiger partial charge in [-0.3, -0.25) is 4.79 Å². The maximum atomic E-state index is 11.2. The van der Waals surface area contributed by atoms with Gasteiger partial charge in [-0.25, -0.2) is 4.98 Å². The van der Waals surface area contributed by atoms with Crippen LogP contribution in [0.15, 0.2) is 51.5 Å². The first kappa shape index (κ1) is 15.9. The summed E-state index contributed by atoms with van der Waals surface area (Å²) in [5.41, 5.74) is 1.58. The van der Waals surface area contributed by atoms with Gasteiger partial charge in [-0.2, -0.15) is 0 Å². The summed E-state index contributed by atoms with van der Waals surface area (Å²) in [5.74, 6) is 2.11. The molecule has 6 heteroatoms. The molecule has 0 saturated heterocycles. The van der Waals surface area contributed by atoms with Crippen LogP contribution in [0.2, 0.25) is 0 Å². The quantitative estimate of drug-likeness (QED) is 0.645. The van der Waals surface area contributed by atoms with Crippen molar-refractivity contribution in [3.63, 3.8) is 0 Å². The van der Waals surface area contributed by atoms with E-state index in [0.29, 0.717) is 28.9 Å². The highest BCUT2D eigenvalue weighted by atomic mass is 16.5. The molecule has 2 heterocycles. The third-order valence-electron chi connectivity index (χ3n) is 3.50. The molecule has 24 heavy (non-hydrogen) atoms. The van der Waals surface area contributed by atoms with E-state index in [-0.39, 0.29) is 19.0 Å². The zero-order valence-corrected chi connectivity index (χ0v) is 13.4. The van der Waals surface area contributed by atoms with Crippen molar-refractivity contribution in [3.8, 4) is 17.4 Å². The predicted molar refractivity (Wildman–Crippen MR) is 85.4 cm³/mol. The van der Waals surface area contributed by atoms with Crippen molar-refractivity contribution in [3.05, 3.63) is 59.7 Å². The molecule has 6 nitrogen and oxygen atoms in total. The molecule has 2 aromatic heterocycles. The molecule has 0 aliphatic heterocycles. The van der Waals surface area contributed by atoms with Gasteiger partial charge in [0.15, 0.2) is 5.76 Å². The van der Waals surface area contributed by atoms with Crippen molar-refractivity contribution in [1.29, 1.82) is 0 Å². The zero-order valence-electron chi connectivity index (χ0n) is 13.4. The molecule has 0 fully saturated rings. The van der Waals surface area contributed by atoms with Crippen molar-refractivity contribution in [1.82, 2.24) is 4.98 Å². The van der Waals surface area contributed by atoms with Crippen LogP contribution >= 0.6 is 0 Å². The van der Waals surface area contributed by atoms with Crippen LogP contribution in [0.1, 0.15) is 17.0 Å². The molecule has 0 N–H and O–H groups in total. The lowest BCUT2D eigenvalue weighted by Gasteiger charge is -2.05. The van der Waals surface area contributed by atoms with Crippen LogP contribution in [0.4, 0.5) is 0 Å². The normalized spacial score (nSPS) is 10.6. The highest BCUT2D eigenvalue weighted by Crippen LogP contribution is 2.23. The number of methoxy groups -OCH3 is 1. The highest BCUT2D eigenvalue weighted by molar-refractivity contribution is 5.72. The lowest BCUT2D eigenvalue weighted by Crippen LogP contribution is -2.04. The largest absolute Gasteiger partial charge is 0.487 e. The Morgan fingerprint density at radius 1 is 1.21 bits per heavy atom. The molecule has 0 saturated carbocycles. The van der Waals surface area contributed by atoms with Crippen LogP contribution in [0.3, 0.4) is 0 Å². The number of ether oxygens (including phenoxy) is 2. The summed E-state index contributed by atoms with van der Waals surface area (Å²) in [6.07, 6.45) is 1.81. The average molecular weight is 327 g/mol. The first-order valence-corrected chi connectivity index (χ1v) is 7.44. The number of esters is 1. The summed E-state index contributed by atoms with van der Waals surface area (Å²) in [7, 11) is 1.37. The van der Waals surface area contributed by atoms with E-state index in [1.54, 1.807) is 30.5 Å². The Bertz CT molecular complexity index is 803. The minimum atomic E-state index is -0.271. The summed E-state index contributed by atoms with van der Waals surface area (Å²) < 4.78 is 21.2. The number of carbonyl (C=O) groups excluding carboxylic acids is 1. The molecule has 0 spiro atoms. The molecule has 124 valence electrons. The number of aryl methyl sites for hydroxylation is 1. The van der Waals surface area contributed by atoms with Gasteiger partial charge in [0.2, 0.25) is 0 Å². The smallest absolute Gasteiger partial charge is 0.309 e. The van der Waals surface area contributed by atoms with E-state index in [4.69, 9.17) is 13.6 Å². The molecule has 0 aliphatic carbocycles. The molecule has 0 aliphatic rings. The van der Waals surface area contributed by atoms with E-state index in [1.165, 1.54) is 7.11 Å². The summed E-state index contributed by atoms with van der Waals surface area (Å²) in [6.45, 7) is 2.12. The van der Waals surface area contributed by atoms with Gasteiger partial charge in [-0.05, 0) is 36.8 Å². The predicted octanol–water partition coefficient (Wildman–Crippen LogP) is 3.54. The van der Waals surface area contributed by atoms with E-state index in [2.05, 4.69) is 9.72 Å². The number of aromatic nitrogens is 1. The maximum absolute atomic E-state index is 11.2. The monoisotopic (exact) mass is 327 g/mol. The van der Waals surface area contributed by atoms with Gasteiger partial charge in [0.05, 0.1) is 19.8 Å². The molecular weight excluding hydrogens is 310 g/mol.